The zero-order chi connectivity index (χ0) is 15.2. The predicted octanol–water partition coefficient (Wildman–Crippen LogP) is 3.78. The van der Waals surface area contributed by atoms with E-state index >= 15 is 0 Å². The van der Waals surface area contributed by atoms with Crippen LogP contribution in [0.1, 0.15) is 6.92 Å². The van der Waals surface area contributed by atoms with E-state index in [1.165, 1.54) is 12.1 Å². The Morgan fingerprint density at radius 3 is 2.33 bits per heavy atom. The minimum atomic E-state index is -0.403. The Balaban J connectivity index is 2.26. The van der Waals surface area contributed by atoms with Gasteiger partial charge in [0.2, 0.25) is 0 Å². The first-order valence-electron chi connectivity index (χ1n) is 6.57. The Morgan fingerprint density at radius 1 is 1.10 bits per heavy atom. The number of nitro benzene ring substituents is 1. The number of rotatable bonds is 6. The second kappa shape index (κ2) is 6.60. The van der Waals surface area contributed by atoms with Crippen LogP contribution in [0.25, 0.3) is 0 Å². The van der Waals surface area contributed by atoms with Crippen molar-refractivity contribution in [2.45, 2.75) is 6.92 Å². The van der Waals surface area contributed by atoms with Crippen molar-refractivity contribution in [3.63, 3.8) is 0 Å². The monoisotopic (exact) mass is 287 g/mol. The van der Waals surface area contributed by atoms with Gasteiger partial charge in [-0.25, -0.2) is 0 Å². The summed E-state index contributed by atoms with van der Waals surface area (Å²) in [5.41, 5.74) is 2.25. The molecule has 0 aliphatic carbocycles. The third-order valence-corrected chi connectivity index (χ3v) is 2.89. The van der Waals surface area contributed by atoms with Gasteiger partial charge in [0.05, 0.1) is 12.0 Å². The topological polar surface area (TPSA) is 76.4 Å². The highest BCUT2D eigenvalue weighted by molar-refractivity contribution is 5.69. The van der Waals surface area contributed by atoms with Crippen LogP contribution in [-0.2, 0) is 0 Å². The Bertz CT molecular complexity index is 627. The van der Waals surface area contributed by atoms with Gasteiger partial charge < -0.3 is 15.4 Å². The fourth-order valence-electron chi connectivity index (χ4n) is 1.94. The Kier molecular flexibility index (Phi) is 4.61. The molecule has 0 spiro atoms. The number of non-ortho nitro benzene ring substituents is 1. The zero-order valence-corrected chi connectivity index (χ0v) is 11.9. The van der Waals surface area contributed by atoms with Gasteiger partial charge in [-0.15, -0.1) is 0 Å². The van der Waals surface area contributed by atoms with Crippen molar-refractivity contribution in [3.05, 3.63) is 52.6 Å². The maximum Gasteiger partial charge on any atom is 0.273 e. The van der Waals surface area contributed by atoms with E-state index in [0.717, 1.165) is 11.4 Å². The quantitative estimate of drug-likeness (QED) is 0.624. The van der Waals surface area contributed by atoms with Crippen molar-refractivity contribution in [2.24, 2.45) is 0 Å². The van der Waals surface area contributed by atoms with E-state index in [2.05, 4.69) is 10.6 Å². The highest BCUT2D eigenvalue weighted by Crippen LogP contribution is 2.27. The molecule has 0 aliphatic rings. The van der Waals surface area contributed by atoms with Gasteiger partial charge in [-0.05, 0) is 37.3 Å². The lowest BCUT2D eigenvalue weighted by Crippen LogP contribution is -2.00. The lowest BCUT2D eigenvalue weighted by molar-refractivity contribution is -0.384. The van der Waals surface area contributed by atoms with Gasteiger partial charge in [-0.2, -0.15) is 0 Å². The van der Waals surface area contributed by atoms with Crippen LogP contribution in [0.2, 0.25) is 0 Å². The first kappa shape index (κ1) is 14.6. The van der Waals surface area contributed by atoms with E-state index in [0.29, 0.717) is 17.9 Å². The smallest absolute Gasteiger partial charge is 0.273 e. The molecule has 0 saturated heterocycles. The fourth-order valence-corrected chi connectivity index (χ4v) is 1.94. The molecule has 21 heavy (non-hydrogen) atoms. The van der Waals surface area contributed by atoms with Crippen LogP contribution in [-0.4, -0.2) is 18.6 Å². The first-order valence-corrected chi connectivity index (χ1v) is 6.57. The van der Waals surface area contributed by atoms with Crippen LogP contribution in [0.15, 0.2) is 42.5 Å². The third kappa shape index (κ3) is 3.85. The SMILES string of the molecule is CCNc1cc(Nc2ccc(OC)cc2)cc([N+](=O)[O-])c1. The number of benzene rings is 2. The molecule has 0 aliphatic heterocycles. The van der Waals surface area contributed by atoms with Gasteiger partial charge in [0, 0.05) is 35.7 Å². The maximum atomic E-state index is 11.0. The molecule has 0 heterocycles. The molecule has 0 fully saturated rings. The van der Waals surface area contributed by atoms with Gasteiger partial charge in [-0.3, -0.25) is 10.1 Å². The molecule has 0 radical (unpaired) electrons. The summed E-state index contributed by atoms with van der Waals surface area (Å²) in [6.07, 6.45) is 0. The number of anilines is 3. The largest absolute Gasteiger partial charge is 0.497 e. The van der Waals surface area contributed by atoms with Gasteiger partial charge >= 0.3 is 0 Å². The molecule has 6 heteroatoms. The summed E-state index contributed by atoms with van der Waals surface area (Å²) in [5.74, 6) is 0.757. The molecular weight excluding hydrogens is 270 g/mol. The summed E-state index contributed by atoms with van der Waals surface area (Å²) in [6, 6.07) is 12.2. The Labute approximate surface area is 122 Å². The fraction of sp³-hybridized carbons (Fsp3) is 0.200. The minimum Gasteiger partial charge on any atom is -0.497 e. The predicted molar refractivity (Wildman–Crippen MR) is 83.5 cm³/mol. The van der Waals surface area contributed by atoms with E-state index < -0.39 is 4.92 Å². The second-order valence-electron chi connectivity index (χ2n) is 4.41. The van der Waals surface area contributed by atoms with Gasteiger partial charge in [0.15, 0.2) is 0 Å². The standard InChI is InChI=1S/C15H17N3O3/c1-3-16-12-8-13(10-14(9-12)18(19)20)17-11-4-6-15(21-2)7-5-11/h4-10,16-17H,3H2,1-2H3. The lowest BCUT2D eigenvalue weighted by Gasteiger charge is -2.10. The maximum absolute atomic E-state index is 11.0. The van der Waals surface area contributed by atoms with E-state index in [4.69, 9.17) is 4.74 Å². The first-order chi connectivity index (χ1) is 10.1. The molecule has 2 aromatic rings. The van der Waals surface area contributed by atoms with Crippen molar-refractivity contribution < 1.29 is 9.66 Å². The number of hydrogen-bond donors (Lipinski definition) is 2. The van der Waals surface area contributed by atoms with Crippen molar-refractivity contribution in [1.82, 2.24) is 0 Å². The van der Waals surface area contributed by atoms with E-state index in [9.17, 15) is 10.1 Å². The van der Waals surface area contributed by atoms with Crippen LogP contribution >= 0.6 is 0 Å². The van der Waals surface area contributed by atoms with E-state index in [-0.39, 0.29) is 5.69 Å². The van der Waals surface area contributed by atoms with Crippen LogP contribution in [0.3, 0.4) is 0 Å². The van der Waals surface area contributed by atoms with Gasteiger partial charge in [0.25, 0.3) is 5.69 Å². The van der Waals surface area contributed by atoms with Gasteiger partial charge in [-0.1, -0.05) is 0 Å². The van der Waals surface area contributed by atoms with Crippen LogP contribution < -0.4 is 15.4 Å². The highest BCUT2D eigenvalue weighted by Gasteiger charge is 2.09. The molecule has 0 aromatic heterocycles. The van der Waals surface area contributed by atoms with Crippen LogP contribution in [0.5, 0.6) is 5.75 Å². The van der Waals surface area contributed by atoms with E-state index in [1.807, 2.05) is 37.3 Å². The molecule has 0 atom stereocenters. The van der Waals surface area contributed by atoms with Crippen LogP contribution in [0, 0.1) is 10.1 Å². The Hall–Kier alpha value is -2.76. The van der Waals surface area contributed by atoms with Crippen molar-refractivity contribution >= 4 is 22.7 Å². The second-order valence-corrected chi connectivity index (χ2v) is 4.41. The molecule has 2 rings (SSSR count). The van der Waals surface area contributed by atoms with Gasteiger partial charge in [0.1, 0.15) is 5.75 Å². The number of hydrogen-bond acceptors (Lipinski definition) is 5. The molecule has 2 N–H and O–H groups in total. The minimum absolute atomic E-state index is 0.0458. The number of ether oxygens (including phenoxy) is 1. The average Bonchev–Trinajstić information content (AvgIpc) is 2.48. The number of nitrogens with zero attached hydrogens (tertiary/aromatic N) is 1. The molecule has 0 bridgehead atoms. The van der Waals surface area contributed by atoms with Crippen molar-refractivity contribution in [1.29, 1.82) is 0 Å². The molecule has 6 nitrogen and oxygen atoms in total. The number of methoxy groups -OCH3 is 1. The Morgan fingerprint density at radius 2 is 1.76 bits per heavy atom. The summed E-state index contributed by atoms with van der Waals surface area (Å²) in [5, 5.41) is 17.2. The molecule has 2 aromatic carbocycles. The summed E-state index contributed by atoms with van der Waals surface area (Å²) >= 11 is 0. The highest BCUT2D eigenvalue weighted by atomic mass is 16.6. The summed E-state index contributed by atoms with van der Waals surface area (Å²) in [4.78, 5) is 10.6. The van der Waals surface area contributed by atoms with Crippen molar-refractivity contribution in [2.75, 3.05) is 24.3 Å². The molecule has 110 valence electrons. The average molecular weight is 287 g/mol. The molecule has 0 unspecified atom stereocenters. The lowest BCUT2D eigenvalue weighted by atomic mass is 10.2. The van der Waals surface area contributed by atoms with Crippen molar-refractivity contribution in [3.8, 4) is 5.75 Å². The summed E-state index contributed by atoms with van der Waals surface area (Å²) in [6.45, 7) is 2.64. The molecule has 0 saturated carbocycles. The third-order valence-electron chi connectivity index (χ3n) is 2.89. The van der Waals surface area contributed by atoms with Crippen LogP contribution in [0.4, 0.5) is 22.7 Å². The summed E-state index contributed by atoms with van der Waals surface area (Å²) in [7, 11) is 1.60. The zero-order valence-electron chi connectivity index (χ0n) is 11.9. The normalized spacial score (nSPS) is 10.0. The van der Waals surface area contributed by atoms with E-state index in [1.54, 1.807) is 7.11 Å². The summed E-state index contributed by atoms with van der Waals surface area (Å²) < 4.78 is 5.09. The number of nitrogens with one attached hydrogen (secondary N) is 2. The molecular formula is C15H17N3O3. The number of nitro groups is 1. The molecule has 0 amide bonds.